The van der Waals surface area contributed by atoms with E-state index in [1.54, 1.807) is 29.2 Å². The summed E-state index contributed by atoms with van der Waals surface area (Å²) < 4.78 is 84.6. The Morgan fingerprint density at radius 2 is 1.70 bits per heavy atom. The number of hydrogen-bond acceptors (Lipinski definition) is 4. The van der Waals surface area contributed by atoms with E-state index in [-0.39, 0.29) is 25.0 Å². The molecule has 0 aromatic heterocycles. The molecule has 0 radical (unpaired) electrons. The Balaban J connectivity index is 1.42. The van der Waals surface area contributed by atoms with E-state index in [2.05, 4.69) is 10.1 Å². The van der Waals surface area contributed by atoms with Crippen LogP contribution in [0.3, 0.4) is 0 Å². The first kappa shape index (κ1) is 24.8. The predicted octanol–water partition coefficient (Wildman–Crippen LogP) is 4.33. The van der Waals surface area contributed by atoms with Crippen molar-refractivity contribution in [3.8, 4) is 5.75 Å². The number of ether oxygens (including phenoxy) is 2. The second-order valence-electron chi connectivity index (χ2n) is 7.77. The third-order valence-electron chi connectivity index (χ3n) is 5.49. The lowest BCUT2D eigenvalue weighted by Crippen LogP contribution is -2.49. The number of amides is 3. The lowest BCUT2D eigenvalue weighted by Gasteiger charge is -2.33. The summed E-state index contributed by atoms with van der Waals surface area (Å²) in [5.74, 6) is 0.656. The number of carbonyl (C=O) groups excluding carboxylic acids is 2. The smallest absolute Gasteiger partial charge is 0.434 e. The summed E-state index contributed by atoms with van der Waals surface area (Å²) in [6, 6.07) is 6.83. The molecule has 1 N–H and O–H groups in total. The van der Waals surface area contributed by atoms with Gasteiger partial charge in [0, 0.05) is 19.6 Å². The highest BCUT2D eigenvalue weighted by Gasteiger charge is 2.60. The lowest BCUT2D eigenvalue weighted by atomic mass is 9.94. The van der Waals surface area contributed by atoms with E-state index in [9.17, 15) is 35.9 Å². The minimum absolute atomic E-state index is 0.0310. The van der Waals surface area contributed by atoms with E-state index < -0.39 is 24.5 Å². The molecular weight excluding hydrogens is 460 g/mol. The molecule has 1 saturated heterocycles. The summed E-state index contributed by atoms with van der Waals surface area (Å²) in [4.78, 5) is 26.7. The van der Waals surface area contributed by atoms with Gasteiger partial charge in [-0.15, -0.1) is 0 Å². The molecule has 2 aliphatic heterocycles. The van der Waals surface area contributed by atoms with Crippen LogP contribution in [0.15, 0.2) is 24.3 Å². The average Bonchev–Trinajstić information content (AvgIpc) is 2.75. The van der Waals surface area contributed by atoms with Gasteiger partial charge in [0.1, 0.15) is 12.4 Å². The Labute approximate surface area is 185 Å². The van der Waals surface area contributed by atoms with Crippen molar-refractivity contribution in [1.29, 1.82) is 0 Å². The molecule has 0 bridgehead atoms. The molecule has 184 valence electrons. The number of rotatable bonds is 4. The Morgan fingerprint density at radius 3 is 2.33 bits per heavy atom. The maximum Gasteiger partial charge on any atom is 0.434 e. The van der Waals surface area contributed by atoms with Crippen LogP contribution in [0.1, 0.15) is 19.3 Å². The molecule has 0 atom stereocenters. The third kappa shape index (κ3) is 6.35. The van der Waals surface area contributed by atoms with Gasteiger partial charge in [-0.05, 0) is 37.3 Å². The van der Waals surface area contributed by atoms with Crippen LogP contribution in [0.5, 0.6) is 5.75 Å². The molecule has 0 aliphatic carbocycles. The van der Waals surface area contributed by atoms with Crippen LogP contribution in [0.2, 0.25) is 0 Å². The Hall–Kier alpha value is -2.86. The number of benzene rings is 1. The Bertz CT molecular complexity index is 826. The van der Waals surface area contributed by atoms with Crippen molar-refractivity contribution >= 4 is 17.8 Å². The highest BCUT2D eigenvalue weighted by atomic mass is 19.4. The van der Waals surface area contributed by atoms with Crippen molar-refractivity contribution in [2.24, 2.45) is 5.92 Å². The molecule has 1 aromatic rings. The predicted molar refractivity (Wildman–Crippen MR) is 104 cm³/mol. The van der Waals surface area contributed by atoms with Gasteiger partial charge in [0.15, 0.2) is 0 Å². The third-order valence-corrected chi connectivity index (χ3v) is 5.49. The van der Waals surface area contributed by atoms with Crippen LogP contribution in [0.4, 0.5) is 41.6 Å². The normalized spacial score (nSPS) is 17.4. The van der Waals surface area contributed by atoms with E-state index in [1.807, 2.05) is 0 Å². The number of hydrogen-bond donors (Lipinski definition) is 1. The van der Waals surface area contributed by atoms with Gasteiger partial charge < -0.3 is 19.7 Å². The number of para-hydroxylation sites is 2. The first-order valence-electron chi connectivity index (χ1n) is 10.3. The quantitative estimate of drug-likeness (QED) is 0.648. The fourth-order valence-corrected chi connectivity index (χ4v) is 3.76. The maximum absolute atomic E-state index is 12.6. The fraction of sp³-hybridized carbons (Fsp3) is 0.600. The van der Waals surface area contributed by atoms with E-state index >= 15 is 0 Å². The number of nitrogens with zero attached hydrogens (tertiary/aromatic N) is 2. The number of anilines is 1. The summed E-state index contributed by atoms with van der Waals surface area (Å²) in [5, 5.41) is 2.81. The summed E-state index contributed by atoms with van der Waals surface area (Å²) in [5.41, 5.74) is 0.657. The molecule has 3 amide bonds. The van der Waals surface area contributed by atoms with Crippen LogP contribution < -0.4 is 15.0 Å². The summed E-state index contributed by atoms with van der Waals surface area (Å²) in [6.45, 7) is 1.02. The molecule has 7 nitrogen and oxygen atoms in total. The van der Waals surface area contributed by atoms with Crippen molar-refractivity contribution in [2.75, 3.05) is 37.7 Å². The minimum atomic E-state index is -5.74. The molecule has 2 heterocycles. The molecule has 0 saturated carbocycles. The van der Waals surface area contributed by atoms with Gasteiger partial charge >= 0.3 is 24.5 Å². The van der Waals surface area contributed by atoms with Crippen LogP contribution in [0.25, 0.3) is 0 Å². The van der Waals surface area contributed by atoms with Crippen molar-refractivity contribution in [2.45, 2.75) is 37.7 Å². The largest absolute Gasteiger partial charge is 0.490 e. The van der Waals surface area contributed by atoms with Crippen molar-refractivity contribution < 1.29 is 45.4 Å². The Kier molecular flexibility index (Phi) is 7.48. The zero-order valence-electron chi connectivity index (χ0n) is 17.4. The zero-order chi connectivity index (χ0) is 24.2. The van der Waals surface area contributed by atoms with Crippen LogP contribution >= 0.6 is 0 Å². The molecule has 0 spiro atoms. The number of fused-ring (bicyclic) bond motifs is 1. The first-order chi connectivity index (χ1) is 15.5. The van der Waals surface area contributed by atoms with Crippen LogP contribution in [-0.4, -0.2) is 68.3 Å². The number of alkyl halides is 6. The highest BCUT2D eigenvalue weighted by molar-refractivity contribution is 5.94. The monoisotopic (exact) mass is 483 g/mol. The molecular formula is C20H23F6N3O4. The summed E-state index contributed by atoms with van der Waals surface area (Å²) >= 11 is 0. The molecule has 0 unspecified atom stereocenters. The van der Waals surface area contributed by atoms with Gasteiger partial charge in [-0.25, -0.2) is 9.59 Å². The second kappa shape index (κ2) is 9.96. The SMILES string of the molecule is O=C(OC(C(F)(F)F)C(F)(F)F)N1CCC(CCNC(=O)N2CCOc3ccccc32)CC1. The molecule has 1 aromatic carbocycles. The molecule has 1 fully saturated rings. The zero-order valence-corrected chi connectivity index (χ0v) is 17.4. The van der Waals surface area contributed by atoms with Crippen molar-refractivity contribution in [3.63, 3.8) is 0 Å². The maximum atomic E-state index is 12.6. The molecule has 2 aliphatic rings. The molecule has 33 heavy (non-hydrogen) atoms. The van der Waals surface area contributed by atoms with Gasteiger partial charge in [0.05, 0.1) is 12.2 Å². The topological polar surface area (TPSA) is 71.1 Å². The van der Waals surface area contributed by atoms with E-state index in [0.717, 1.165) is 4.90 Å². The standard InChI is InChI=1S/C20H23F6N3O4/c21-19(22,23)16(20(24,25)26)33-18(31)28-9-6-13(7-10-28)5-8-27-17(30)29-11-12-32-15-4-2-1-3-14(15)29/h1-4,13,16H,5-12H2,(H,27,30). The molecule has 13 heteroatoms. The van der Waals surface area contributed by atoms with E-state index in [4.69, 9.17) is 4.74 Å². The number of halogens is 6. The lowest BCUT2D eigenvalue weighted by molar-refractivity contribution is -0.308. The summed E-state index contributed by atoms with van der Waals surface area (Å²) in [6.07, 6.45) is -16.0. The van der Waals surface area contributed by atoms with E-state index in [1.165, 1.54) is 0 Å². The number of urea groups is 1. The fourth-order valence-electron chi connectivity index (χ4n) is 3.76. The highest BCUT2D eigenvalue weighted by Crippen LogP contribution is 2.36. The number of nitrogens with one attached hydrogen (secondary N) is 1. The first-order valence-corrected chi connectivity index (χ1v) is 10.3. The number of piperidine rings is 1. The summed E-state index contributed by atoms with van der Waals surface area (Å²) in [7, 11) is 0. The average molecular weight is 483 g/mol. The van der Waals surface area contributed by atoms with Crippen LogP contribution in [-0.2, 0) is 4.74 Å². The van der Waals surface area contributed by atoms with Gasteiger partial charge in [0.25, 0.3) is 6.10 Å². The number of likely N-dealkylation sites (tertiary alicyclic amines) is 1. The van der Waals surface area contributed by atoms with Gasteiger partial charge in [-0.2, -0.15) is 26.3 Å². The number of carbonyl (C=O) groups is 2. The molecule has 3 rings (SSSR count). The van der Waals surface area contributed by atoms with E-state index in [0.29, 0.717) is 50.4 Å². The van der Waals surface area contributed by atoms with Crippen LogP contribution in [0, 0.1) is 5.92 Å². The minimum Gasteiger partial charge on any atom is -0.490 e. The Morgan fingerprint density at radius 1 is 1.06 bits per heavy atom. The van der Waals surface area contributed by atoms with Crippen molar-refractivity contribution in [3.05, 3.63) is 24.3 Å². The van der Waals surface area contributed by atoms with Gasteiger partial charge in [0.2, 0.25) is 0 Å². The van der Waals surface area contributed by atoms with Gasteiger partial charge in [-0.3, -0.25) is 4.90 Å². The van der Waals surface area contributed by atoms with Crippen molar-refractivity contribution in [1.82, 2.24) is 10.2 Å². The second-order valence-corrected chi connectivity index (χ2v) is 7.77. The van der Waals surface area contributed by atoms with Gasteiger partial charge in [-0.1, -0.05) is 12.1 Å².